The van der Waals surface area contributed by atoms with Crippen molar-refractivity contribution in [1.29, 1.82) is 0 Å². The number of esters is 1. The van der Waals surface area contributed by atoms with Crippen molar-refractivity contribution in [2.75, 3.05) is 20.0 Å². The third-order valence-electron chi connectivity index (χ3n) is 3.71. The highest BCUT2D eigenvalue weighted by molar-refractivity contribution is 7.99. The first kappa shape index (κ1) is 15.6. The lowest BCUT2D eigenvalue weighted by Gasteiger charge is -2.29. The monoisotopic (exact) mass is 353 g/mol. The number of carbonyl (C=O) groups is 1. The molecular formula is C15H15NO3S3. The van der Waals surface area contributed by atoms with Crippen molar-refractivity contribution < 1.29 is 14.3 Å². The van der Waals surface area contributed by atoms with E-state index in [1.165, 1.54) is 18.4 Å². The molecule has 0 radical (unpaired) electrons. The van der Waals surface area contributed by atoms with Crippen molar-refractivity contribution in [1.82, 2.24) is 4.98 Å². The summed E-state index contributed by atoms with van der Waals surface area (Å²) in [5, 5.41) is 1.07. The molecule has 7 heteroatoms. The van der Waals surface area contributed by atoms with Gasteiger partial charge in [-0.05, 0) is 29.9 Å². The largest absolute Gasteiger partial charge is 0.497 e. The van der Waals surface area contributed by atoms with Crippen LogP contribution in [-0.2, 0) is 9.53 Å². The number of aromatic nitrogens is 1. The molecule has 4 nitrogen and oxygen atoms in total. The zero-order chi connectivity index (χ0) is 15.7. The predicted molar refractivity (Wildman–Crippen MR) is 90.6 cm³/mol. The molecule has 116 valence electrons. The van der Waals surface area contributed by atoms with E-state index in [2.05, 4.69) is 4.98 Å². The van der Waals surface area contributed by atoms with Crippen LogP contribution in [0.15, 0.2) is 29.3 Å². The molecule has 0 fully saturated rings. The molecule has 1 aliphatic heterocycles. The number of fused-ring (bicyclic) bond motifs is 1. The Morgan fingerprint density at radius 2 is 2.05 bits per heavy atom. The number of rotatable bonds is 3. The summed E-state index contributed by atoms with van der Waals surface area (Å²) in [4.78, 5) is 16.5. The van der Waals surface area contributed by atoms with Gasteiger partial charge in [-0.25, -0.2) is 0 Å². The van der Waals surface area contributed by atoms with Gasteiger partial charge in [0.05, 0.1) is 25.2 Å². The zero-order valence-corrected chi connectivity index (χ0v) is 14.6. The molecule has 2 atom stereocenters. The van der Waals surface area contributed by atoms with Crippen LogP contribution in [0.5, 0.6) is 5.75 Å². The first-order valence-electron chi connectivity index (χ1n) is 6.71. The minimum absolute atomic E-state index is 0.0347. The molecule has 1 aromatic heterocycles. The van der Waals surface area contributed by atoms with E-state index in [-0.39, 0.29) is 17.8 Å². The molecule has 0 saturated heterocycles. The van der Waals surface area contributed by atoms with Gasteiger partial charge in [-0.3, -0.25) is 4.79 Å². The number of carbonyl (C=O) groups excluding carboxylic acids is 1. The van der Waals surface area contributed by atoms with E-state index in [1.54, 1.807) is 18.9 Å². The number of thioether (sulfide) groups is 1. The van der Waals surface area contributed by atoms with E-state index in [0.29, 0.717) is 5.75 Å². The fraction of sp³-hybridized carbons (Fsp3) is 0.333. The van der Waals surface area contributed by atoms with Crippen LogP contribution in [0, 0.1) is 9.87 Å². The molecule has 3 rings (SSSR count). The maximum absolute atomic E-state index is 12.2. The lowest BCUT2D eigenvalue weighted by molar-refractivity contribution is -0.145. The summed E-state index contributed by atoms with van der Waals surface area (Å²) < 4.78 is 10.9. The molecule has 2 aromatic rings. The first-order chi connectivity index (χ1) is 10.6. The van der Waals surface area contributed by atoms with Gasteiger partial charge in [0.2, 0.25) is 0 Å². The van der Waals surface area contributed by atoms with Crippen LogP contribution in [0.1, 0.15) is 16.4 Å². The van der Waals surface area contributed by atoms with Gasteiger partial charge in [0.15, 0.2) is 3.95 Å². The van der Waals surface area contributed by atoms with Crippen LogP contribution in [0.3, 0.4) is 0 Å². The van der Waals surface area contributed by atoms with Gasteiger partial charge >= 0.3 is 5.97 Å². The summed E-state index contributed by atoms with van der Waals surface area (Å²) >= 11 is 8.43. The van der Waals surface area contributed by atoms with Gasteiger partial charge < -0.3 is 14.5 Å². The summed E-state index contributed by atoms with van der Waals surface area (Å²) in [7, 11) is 3.08. The number of nitrogens with one attached hydrogen (secondary N) is 1. The van der Waals surface area contributed by atoms with E-state index >= 15 is 0 Å². The fourth-order valence-electron chi connectivity index (χ4n) is 2.64. The van der Waals surface area contributed by atoms with E-state index in [0.717, 1.165) is 25.2 Å². The predicted octanol–water partition coefficient (Wildman–Crippen LogP) is 3.84. The van der Waals surface area contributed by atoms with E-state index < -0.39 is 0 Å². The number of methoxy groups -OCH3 is 2. The molecular weight excluding hydrogens is 338 g/mol. The maximum Gasteiger partial charge on any atom is 0.310 e. The highest BCUT2D eigenvalue weighted by Crippen LogP contribution is 2.47. The van der Waals surface area contributed by atoms with Gasteiger partial charge in [-0.15, -0.1) is 23.1 Å². The Bertz CT molecular complexity index is 735. The second kappa shape index (κ2) is 6.44. The Kier molecular flexibility index (Phi) is 4.56. The van der Waals surface area contributed by atoms with Crippen LogP contribution in [0.4, 0.5) is 0 Å². The molecule has 1 aliphatic rings. The SMILES string of the molecule is COC(=O)C1CSc2[nH]c(=S)sc2C1c1ccc(OC)cc1. The average Bonchev–Trinajstić information content (AvgIpc) is 2.93. The number of H-pyrrole nitrogens is 1. The van der Waals surface area contributed by atoms with Crippen molar-refractivity contribution in [3.63, 3.8) is 0 Å². The van der Waals surface area contributed by atoms with Gasteiger partial charge in [0.1, 0.15) is 5.75 Å². The Morgan fingerprint density at radius 1 is 1.32 bits per heavy atom. The Hall–Kier alpha value is -1.31. The minimum Gasteiger partial charge on any atom is -0.497 e. The maximum atomic E-state index is 12.2. The molecule has 2 heterocycles. The van der Waals surface area contributed by atoms with Crippen LogP contribution in [0.2, 0.25) is 0 Å². The lowest BCUT2D eigenvalue weighted by atomic mass is 9.85. The standard InChI is InChI=1S/C15H15NO3S3/c1-18-9-5-3-8(4-6-9)11-10(14(17)19-2)7-21-13-12(11)22-15(20)16-13/h3-6,10-11H,7H2,1-2H3,(H,16,20). The van der Waals surface area contributed by atoms with Crippen LogP contribution in [-0.4, -0.2) is 30.9 Å². The smallest absolute Gasteiger partial charge is 0.310 e. The number of thiazole rings is 1. The van der Waals surface area contributed by atoms with Gasteiger partial charge in [-0.2, -0.15) is 0 Å². The summed E-state index contributed by atoms with van der Waals surface area (Å²) in [6, 6.07) is 7.83. The van der Waals surface area contributed by atoms with Crippen LogP contribution in [0.25, 0.3) is 0 Å². The Balaban J connectivity index is 2.08. The Labute approximate surface area is 141 Å². The highest BCUT2D eigenvalue weighted by Gasteiger charge is 2.38. The van der Waals surface area contributed by atoms with Crippen molar-refractivity contribution in [3.05, 3.63) is 38.7 Å². The molecule has 2 unspecified atom stereocenters. The summed E-state index contributed by atoms with van der Waals surface area (Å²) in [6.07, 6.45) is 0. The number of aromatic amines is 1. The molecule has 0 aliphatic carbocycles. The fourth-order valence-corrected chi connectivity index (χ4v) is 5.48. The summed E-state index contributed by atoms with van der Waals surface area (Å²) in [6.45, 7) is 0. The van der Waals surface area contributed by atoms with Crippen molar-refractivity contribution >= 4 is 41.3 Å². The second-order valence-corrected chi connectivity index (χ2v) is 7.65. The van der Waals surface area contributed by atoms with Gasteiger partial charge in [-0.1, -0.05) is 12.1 Å². The number of benzene rings is 1. The highest BCUT2D eigenvalue weighted by atomic mass is 32.2. The summed E-state index contributed by atoms with van der Waals surface area (Å²) in [5.41, 5.74) is 1.07. The topological polar surface area (TPSA) is 51.3 Å². The number of hydrogen-bond acceptors (Lipinski definition) is 6. The normalized spacial score (nSPS) is 20.3. The van der Waals surface area contributed by atoms with Gasteiger partial charge in [0.25, 0.3) is 0 Å². The molecule has 0 saturated carbocycles. The van der Waals surface area contributed by atoms with Crippen LogP contribution >= 0.6 is 35.3 Å². The van der Waals surface area contributed by atoms with Crippen molar-refractivity contribution in [2.24, 2.45) is 5.92 Å². The minimum atomic E-state index is -0.211. The zero-order valence-electron chi connectivity index (χ0n) is 12.1. The first-order valence-corrected chi connectivity index (χ1v) is 8.92. The molecule has 0 bridgehead atoms. The molecule has 1 aromatic carbocycles. The molecule has 0 spiro atoms. The number of ether oxygens (including phenoxy) is 2. The molecule has 22 heavy (non-hydrogen) atoms. The third kappa shape index (κ3) is 2.80. The van der Waals surface area contributed by atoms with E-state index in [9.17, 15) is 4.79 Å². The van der Waals surface area contributed by atoms with Crippen molar-refractivity contribution in [3.8, 4) is 5.75 Å². The lowest BCUT2D eigenvalue weighted by Crippen LogP contribution is -2.29. The molecule has 1 N–H and O–H groups in total. The Morgan fingerprint density at radius 3 is 2.68 bits per heavy atom. The van der Waals surface area contributed by atoms with E-state index in [1.807, 2.05) is 24.3 Å². The quantitative estimate of drug-likeness (QED) is 0.671. The second-order valence-electron chi connectivity index (χ2n) is 4.90. The number of hydrogen-bond donors (Lipinski definition) is 1. The van der Waals surface area contributed by atoms with Crippen molar-refractivity contribution in [2.45, 2.75) is 10.9 Å². The van der Waals surface area contributed by atoms with Crippen LogP contribution < -0.4 is 4.74 Å². The average molecular weight is 353 g/mol. The molecule has 0 amide bonds. The summed E-state index contributed by atoms with van der Waals surface area (Å²) in [5.74, 6) is 1.05. The van der Waals surface area contributed by atoms with E-state index in [4.69, 9.17) is 21.7 Å². The third-order valence-corrected chi connectivity index (χ3v) is 6.30. The van der Waals surface area contributed by atoms with Gasteiger partial charge in [0, 0.05) is 16.5 Å².